The van der Waals surface area contributed by atoms with E-state index in [4.69, 9.17) is 0 Å². The lowest BCUT2D eigenvalue weighted by Crippen LogP contribution is -2.75. The van der Waals surface area contributed by atoms with Crippen molar-refractivity contribution in [3.8, 4) is 0 Å². The largest absolute Gasteiger partial charge is 0.396 e. The molecule has 19 heavy (non-hydrogen) atoms. The lowest BCUT2D eigenvalue weighted by molar-refractivity contribution is -0.268. The Morgan fingerprint density at radius 3 is 2.32 bits per heavy atom. The summed E-state index contributed by atoms with van der Waals surface area (Å²) in [7, 11) is 0. The number of fused-ring (bicyclic) bond motifs is 3. The van der Waals surface area contributed by atoms with E-state index in [9.17, 15) is 20.1 Å². The predicted molar refractivity (Wildman–Crippen MR) is 69.3 cm³/mol. The minimum absolute atomic E-state index is 0.0983. The van der Waals surface area contributed by atoms with Crippen LogP contribution in [0.25, 0.3) is 0 Å². The van der Waals surface area contributed by atoms with Gasteiger partial charge in [-0.25, -0.2) is 0 Å². The molecule has 0 heterocycles. The molecule has 0 bridgehead atoms. The summed E-state index contributed by atoms with van der Waals surface area (Å²) in [5.74, 6) is -1.37. The molecule has 0 spiro atoms. The lowest BCUT2D eigenvalue weighted by atomic mass is 9.41. The van der Waals surface area contributed by atoms with Gasteiger partial charge in [0.2, 0.25) is 0 Å². The van der Waals surface area contributed by atoms with Crippen molar-refractivity contribution >= 4 is 5.78 Å². The van der Waals surface area contributed by atoms with Crippen LogP contribution in [0.15, 0.2) is 0 Å². The van der Waals surface area contributed by atoms with Crippen LogP contribution in [0.5, 0.6) is 0 Å². The van der Waals surface area contributed by atoms with Gasteiger partial charge in [-0.1, -0.05) is 20.8 Å². The average Bonchev–Trinajstić information content (AvgIpc) is 2.58. The Kier molecular flexibility index (Phi) is 2.43. The first-order chi connectivity index (χ1) is 8.61. The Morgan fingerprint density at radius 2 is 1.84 bits per heavy atom. The van der Waals surface area contributed by atoms with E-state index in [1.807, 2.05) is 6.92 Å². The van der Waals surface area contributed by atoms with Gasteiger partial charge in [-0.15, -0.1) is 0 Å². The molecule has 0 amide bonds. The molecule has 108 valence electrons. The molecule has 0 aromatic rings. The molecule has 0 radical (unpaired) electrons. The normalized spacial score (nSPS) is 55.4. The molecule has 4 nitrogen and oxygen atoms in total. The highest BCUT2D eigenvalue weighted by Gasteiger charge is 2.76. The van der Waals surface area contributed by atoms with Gasteiger partial charge in [-0.3, -0.25) is 4.79 Å². The second-order valence-electron chi connectivity index (χ2n) is 7.96. The number of hydrogen-bond donors (Lipinski definition) is 3. The topological polar surface area (TPSA) is 77.8 Å². The highest BCUT2D eigenvalue weighted by atomic mass is 16.3. The second-order valence-corrected chi connectivity index (χ2v) is 7.96. The van der Waals surface area contributed by atoms with Crippen molar-refractivity contribution in [2.45, 2.75) is 57.7 Å². The fourth-order valence-electron chi connectivity index (χ4n) is 5.23. The maximum atomic E-state index is 12.6. The molecule has 0 aromatic heterocycles. The fourth-order valence-corrected chi connectivity index (χ4v) is 5.23. The van der Waals surface area contributed by atoms with Crippen molar-refractivity contribution in [3.63, 3.8) is 0 Å². The van der Waals surface area contributed by atoms with Crippen molar-refractivity contribution < 1.29 is 20.1 Å². The maximum Gasteiger partial charge on any atom is 0.172 e. The molecule has 3 fully saturated rings. The Balaban J connectivity index is 2.12. The van der Waals surface area contributed by atoms with E-state index in [0.29, 0.717) is 12.8 Å². The fraction of sp³-hybridized carbons (Fsp3) is 0.933. The third kappa shape index (κ3) is 1.33. The van der Waals surface area contributed by atoms with Crippen molar-refractivity contribution in [1.82, 2.24) is 0 Å². The summed E-state index contributed by atoms with van der Waals surface area (Å²) in [5.41, 5.74) is -3.04. The number of hydrogen-bond acceptors (Lipinski definition) is 4. The van der Waals surface area contributed by atoms with Crippen LogP contribution in [0.3, 0.4) is 0 Å². The van der Waals surface area contributed by atoms with E-state index >= 15 is 0 Å². The summed E-state index contributed by atoms with van der Waals surface area (Å²) in [4.78, 5) is 12.6. The molecule has 3 aliphatic carbocycles. The average molecular weight is 268 g/mol. The van der Waals surface area contributed by atoms with Gasteiger partial charge in [0.15, 0.2) is 5.78 Å². The van der Waals surface area contributed by atoms with Crippen LogP contribution < -0.4 is 0 Å². The SMILES string of the molecule is CC1(C)C[C@H]2[C@@](O)(C1)C(=O)[C@H](CO)[C@]1(O)CC[C@]21C. The van der Waals surface area contributed by atoms with Gasteiger partial charge in [0.25, 0.3) is 0 Å². The molecule has 4 heteroatoms. The molecule has 3 rings (SSSR count). The van der Waals surface area contributed by atoms with Gasteiger partial charge >= 0.3 is 0 Å². The molecular weight excluding hydrogens is 244 g/mol. The van der Waals surface area contributed by atoms with Crippen molar-refractivity contribution in [3.05, 3.63) is 0 Å². The monoisotopic (exact) mass is 268 g/mol. The zero-order valence-corrected chi connectivity index (χ0v) is 11.9. The van der Waals surface area contributed by atoms with Crippen LogP contribution in [-0.2, 0) is 4.79 Å². The third-order valence-corrected chi connectivity index (χ3v) is 6.37. The van der Waals surface area contributed by atoms with Crippen molar-refractivity contribution in [2.24, 2.45) is 22.7 Å². The van der Waals surface area contributed by atoms with E-state index in [-0.39, 0.29) is 23.7 Å². The number of Topliss-reactive ketones (excluding diaryl/α,β-unsaturated/α-hetero) is 1. The highest BCUT2D eigenvalue weighted by Crippen LogP contribution is 2.69. The Hall–Kier alpha value is -0.450. The second kappa shape index (κ2) is 3.41. The van der Waals surface area contributed by atoms with Crippen LogP contribution in [0.1, 0.15) is 46.5 Å². The minimum Gasteiger partial charge on any atom is -0.396 e. The van der Waals surface area contributed by atoms with E-state index in [2.05, 4.69) is 13.8 Å². The van der Waals surface area contributed by atoms with Gasteiger partial charge in [0.05, 0.1) is 18.1 Å². The maximum absolute atomic E-state index is 12.6. The summed E-state index contributed by atoms with van der Waals surface area (Å²) in [6.45, 7) is 5.72. The molecule has 0 aliphatic heterocycles. The standard InChI is InChI=1S/C15H24O4/c1-12(2)6-10-13(3)4-5-15(13,19)9(7-16)11(17)14(10,18)8-12/h9-10,16,18-19H,4-8H2,1-3H3/t9-,10+,13+,14-,15+/m0/s1. The quantitative estimate of drug-likeness (QED) is 0.659. The molecule has 0 aromatic carbocycles. The number of aliphatic hydroxyl groups is 3. The molecular formula is C15H24O4. The summed E-state index contributed by atoms with van der Waals surface area (Å²) in [5, 5.41) is 31.3. The molecule has 5 atom stereocenters. The molecule has 0 saturated heterocycles. The first kappa shape index (κ1) is 13.5. The van der Waals surface area contributed by atoms with Crippen LogP contribution in [0.4, 0.5) is 0 Å². The summed E-state index contributed by atoms with van der Waals surface area (Å²) in [6, 6.07) is 0. The summed E-state index contributed by atoms with van der Waals surface area (Å²) >= 11 is 0. The third-order valence-electron chi connectivity index (χ3n) is 6.37. The molecule has 3 saturated carbocycles. The van der Waals surface area contributed by atoms with E-state index in [1.54, 1.807) is 0 Å². The van der Waals surface area contributed by atoms with E-state index in [0.717, 1.165) is 12.8 Å². The number of carbonyl (C=O) groups is 1. The van der Waals surface area contributed by atoms with Crippen molar-refractivity contribution in [1.29, 1.82) is 0 Å². The van der Waals surface area contributed by atoms with E-state index < -0.39 is 22.5 Å². The molecule has 3 aliphatic rings. The highest BCUT2D eigenvalue weighted by molar-refractivity contribution is 5.93. The van der Waals surface area contributed by atoms with Crippen LogP contribution in [0, 0.1) is 22.7 Å². The minimum atomic E-state index is -1.36. The Bertz CT molecular complexity index is 445. The first-order valence-corrected chi connectivity index (χ1v) is 7.21. The molecule has 3 N–H and O–H groups in total. The lowest BCUT2D eigenvalue weighted by Gasteiger charge is -2.66. The summed E-state index contributed by atoms with van der Waals surface area (Å²) in [6.07, 6.45) is 2.56. The van der Waals surface area contributed by atoms with Crippen LogP contribution in [0.2, 0.25) is 0 Å². The number of carbonyl (C=O) groups excluding carboxylic acids is 1. The van der Waals surface area contributed by atoms with Crippen LogP contribution >= 0.6 is 0 Å². The Labute approximate surface area is 113 Å². The number of ketones is 1. The van der Waals surface area contributed by atoms with Gasteiger partial charge in [-0.2, -0.15) is 0 Å². The summed E-state index contributed by atoms with van der Waals surface area (Å²) < 4.78 is 0. The van der Waals surface area contributed by atoms with Gasteiger partial charge in [0, 0.05) is 11.3 Å². The van der Waals surface area contributed by atoms with Gasteiger partial charge in [0.1, 0.15) is 5.60 Å². The van der Waals surface area contributed by atoms with Gasteiger partial charge < -0.3 is 15.3 Å². The zero-order chi connectivity index (χ0) is 14.3. The zero-order valence-electron chi connectivity index (χ0n) is 11.9. The predicted octanol–water partition coefficient (Wildman–Crippen LogP) is 0.876. The van der Waals surface area contributed by atoms with Crippen molar-refractivity contribution in [2.75, 3.05) is 6.61 Å². The Morgan fingerprint density at radius 1 is 1.21 bits per heavy atom. The first-order valence-electron chi connectivity index (χ1n) is 7.21. The van der Waals surface area contributed by atoms with E-state index in [1.165, 1.54) is 0 Å². The smallest absolute Gasteiger partial charge is 0.172 e. The molecule has 0 unspecified atom stereocenters. The number of rotatable bonds is 1. The number of aliphatic hydroxyl groups excluding tert-OH is 1. The van der Waals surface area contributed by atoms with Gasteiger partial charge in [-0.05, 0) is 31.1 Å². The van der Waals surface area contributed by atoms with Crippen LogP contribution in [-0.4, -0.2) is 38.9 Å².